The number of phenols is 1. The molecule has 4 aromatic carbocycles. The maximum Gasteiger partial charge on any atom is 0.245 e. The second-order valence-corrected chi connectivity index (χ2v) is 21.9. The number of aromatic hydroxyl groups is 1. The average molecular weight is 1270 g/mol. The molecule has 1 aliphatic rings. The number of nitrogens with zero attached hydrogens (tertiary/aromatic N) is 3. The minimum absolute atomic E-state index is 0.0183. The zero-order chi connectivity index (χ0) is 67.3. The molecule has 1 aliphatic heterocycles. The molecule has 1 fully saturated rings. The van der Waals surface area contributed by atoms with Gasteiger partial charge in [-0.05, 0) is 91.5 Å². The van der Waals surface area contributed by atoms with Gasteiger partial charge in [-0.3, -0.25) is 62.7 Å². The maximum absolute atomic E-state index is 14.8. The van der Waals surface area contributed by atoms with Crippen molar-refractivity contribution in [1.29, 1.82) is 0 Å². The Morgan fingerprint density at radius 3 is 1.49 bits per heavy atom. The van der Waals surface area contributed by atoms with Crippen LogP contribution in [-0.2, 0) is 78.4 Å². The van der Waals surface area contributed by atoms with Gasteiger partial charge in [-0.15, -0.1) is 0 Å². The Labute approximate surface area is 531 Å². The number of phenolic OH excluding ortho intramolecular Hbond substituents is 1. The van der Waals surface area contributed by atoms with Crippen LogP contribution in [0.2, 0.25) is 0 Å². The number of hydrogen-bond acceptors (Lipinski definition) is 15. The van der Waals surface area contributed by atoms with Crippen molar-refractivity contribution < 1.29 is 62.6 Å². The molecule has 0 bridgehead atoms. The van der Waals surface area contributed by atoms with Crippen molar-refractivity contribution in [3.63, 3.8) is 0 Å². The van der Waals surface area contributed by atoms with E-state index >= 15 is 0 Å². The van der Waals surface area contributed by atoms with Crippen molar-refractivity contribution in [3.05, 3.63) is 131 Å². The number of guanidine groups is 2. The molecular formula is C62H83N17O13. The number of rotatable bonds is 37. The van der Waals surface area contributed by atoms with Crippen LogP contribution >= 0.6 is 0 Å². The molecule has 8 atom stereocenters. The number of carbonyl (C=O) groups excluding carboxylic acids is 11. The number of carbonyl (C=O) groups is 11. The molecule has 1 heterocycles. The average Bonchev–Trinajstić information content (AvgIpc) is 1.78. The van der Waals surface area contributed by atoms with E-state index in [9.17, 15) is 57.8 Å². The number of methoxy groups -OCH3 is 1. The summed E-state index contributed by atoms with van der Waals surface area (Å²) in [5, 5.41) is 28.1. The molecule has 0 aliphatic carbocycles. The van der Waals surface area contributed by atoms with Crippen LogP contribution in [0.25, 0.3) is 0 Å². The van der Waals surface area contributed by atoms with Gasteiger partial charge in [0, 0.05) is 45.3 Å². The second kappa shape index (κ2) is 36.6. The van der Waals surface area contributed by atoms with Crippen molar-refractivity contribution in [2.45, 2.75) is 132 Å². The first-order valence-electron chi connectivity index (χ1n) is 29.8. The van der Waals surface area contributed by atoms with Gasteiger partial charge in [-0.2, -0.15) is 0 Å². The zero-order valence-corrected chi connectivity index (χ0v) is 51.1. The standard InChI is InChI=1S/C62H83N17O13/c1-92-41-24-20-39(21-25-41)33-46(72-52(83)34-37-13-6-3-7-14-37)56(87)77-47(32-36-11-4-2-5-12-36)57(88)73-43(26-27-50(63)81)55(86)78-48(35-51(64)82)58(89)75-44(16-9-29-71-62(68)69)60(91)79-30-10-17-49(79)59(90)74-42(15-8-28-70-61(66)67)54(85)76-45(53(65)84)31-38-18-22-40(80)23-19-38/h2-7,11-14,18-25,42-49,80H,8-10,15-17,26-35H2,1H3,(H2,63,81)(H2,64,82)(H2,65,84)(H,72,83)(H,73,88)(H,74,90)(H,75,89)(H,76,85)(H,77,87)(H,78,86)(H4,66,67,70)(H4,68,69,71)/t42-,43-,44-,45-,46+,47-,48-,49-/m0/s1. The van der Waals surface area contributed by atoms with Gasteiger partial charge in [0.15, 0.2) is 11.9 Å². The van der Waals surface area contributed by atoms with Gasteiger partial charge < -0.3 is 92.1 Å². The van der Waals surface area contributed by atoms with Gasteiger partial charge >= 0.3 is 0 Å². The van der Waals surface area contributed by atoms with E-state index in [0.29, 0.717) is 28.0 Å². The minimum Gasteiger partial charge on any atom is -0.508 e. The number of ether oxygens (including phenoxy) is 1. The van der Waals surface area contributed by atoms with Crippen molar-refractivity contribution in [2.24, 2.45) is 50.1 Å². The van der Waals surface area contributed by atoms with Crippen LogP contribution in [0.5, 0.6) is 11.5 Å². The number of benzene rings is 4. The molecule has 5 rings (SSSR count). The highest BCUT2D eigenvalue weighted by molar-refractivity contribution is 5.99. The highest BCUT2D eigenvalue weighted by Crippen LogP contribution is 2.22. The van der Waals surface area contributed by atoms with Crippen LogP contribution < -0.4 is 82.1 Å². The van der Waals surface area contributed by atoms with E-state index in [4.69, 9.17) is 44.9 Å². The van der Waals surface area contributed by atoms with Gasteiger partial charge in [0.1, 0.15) is 59.8 Å². The fourth-order valence-corrected chi connectivity index (χ4v) is 10.0. The Kier molecular flexibility index (Phi) is 28.6. The molecule has 0 saturated carbocycles. The van der Waals surface area contributed by atoms with E-state index in [2.05, 4.69) is 47.2 Å². The molecule has 30 nitrogen and oxygen atoms in total. The van der Waals surface area contributed by atoms with E-state index in [1.54, 1.807) is 84.9 Å². The number of amides is 11. The number of likely N-dealkylation sites (tertiary alicyclic amines) is 1. The summed E-state index contributed by atoms with van der Waals surface area (Å²) >= 11 is 0. The number of nitrogens with one attached hydrogen (secondary N) is 7. The summed E-state index contributed by atoms with van der Waals surface area (Å²) in [5.74, 6) is -9.75. The monoisotopic (exact) mass is 1270 g/mol. The molecule has 0 spiro atoms. The van der Waals surface area contributed by atoms with Crippen LogP contribution in [0.4, 0.5) is 0 Å². The van der Waals surface area contributed by atoms with E-state index in [-0.39, 0.29) is 102 Å². The number of nitrogens with two attached hydrogens (primary N) is 7. The number of primary amides is 3. The van der Waals surface area contributed by atoms with Gasteiger partial charge in [0.25, 0.3) is 0 Å². The van der Waals surface area contributed by atoms with Gasteiger partial charge in [-0.1, -0.05) is 84.9 Å². The second-order valence-electron chi connectivity index (χ2n) is 21.9. The largest absolute Gasteiger partial charge is 0.508 e. The molecular weight excluding hydrogens is 1190 g/mol. The lowest BCUT2D eigenvalue weighted by Gasteiger charge is -2.31. The molecule has 494 valence electrons. The van der Waals surface area contributed by atoms with Crippen molar-refractivity contribution >= 4 is 76.9 Å². The summed E-state index contributed by atoms with van der Waals surface area (Å²) < 4.78 is 5.29. The first-order valence-corrected chi connectivity index (χ1v) is 29.8. The van der Waals surface area contributed by atoms with E-state index < -0.39 is 133 Å². The Morgan fingerprint density at radius 1 is 0.511 bits per heavy atom. The number of aliphatic imine (C=N–C) groups is 2. The first kappa shape index (κ1) is 71.9. The summed E-state index contributed by atoms with van der Waals surface area (Å²) in [4.78, 5) is 161. The van der Waals surface area contributed by atoms with Crippen molar-refractivity contribution in [1.82, 2.24) is 42.1 Å². The van der Waals surface area contributed by atoms with Gasteiger partial charge in [-0.25, -0.2) is 0 Å². The molecule has 92 heavy (non-hydrogen) atoms. The van der Waals surface area contributed by atoms with Crippen LogP contribution in [0.1, 0.15) is 80.0 Å². The summed E-state index contributed by atoms with van der Waals surface area (Å²) in [5.41, 5.74) is 41.4. The van der Waals surface area contributed by atoms with Gasteiger partial charge in [0.05, 0.1) is 20.0 Å². The Balaban J connectivity index is 1.39. The fraction of sp³-hybridized carbons (Fsp3) is 0.403. The molecule has 22 N–H and O–H groups in total. The van der Waals surface area contributed by atoms with Gasteiger partial charge in [0.2, 0.25) is 65.0 Å². The molecule has 4 aromatic rings. The Morgan fingerprint density at radius 2 is 0.957 bits per heavy atom. The summed E-state index contributed by atoms with van der Waals surface area (Å²) in [6.45, 7) is -0.0104. The third-order valence-electron chi connectivity index (χ3n) is 14.7. The minimum atomic E-state index is -1.85. The maximum atomic E-state index is 14.8. The van der Waals surface area contributed by atoms with Crippen LogP contribution in [-0.4, -0.2) is 162 Å². The summed E-state index contributed by atoms with van der Waals surface area (Å²) in [6.07, 6.45) is -1.82. The Bertz CT molecular complexity index is 3240. The molecule has 0 unspecified atom stereocenters. The molecule has 30 heteroatoms. The topological polar surface area (TPSA) is 512 Å². The third kappa shape index (κ3) is 24.6. The van der Waals surface area contributed by atoms with Crippen LogP contribution in [0, 0.1) is 0 Å². The SMILES string of the molecule is COc1ccc(C[C@@H](NC(=O)Cc2ccccc2)C(=O)N[C@@H](Cc2ccccc2)C(=O)N[C@@H](CCC(N)=O)C(=O)N[C@@H](CC(N)=O)C(=O)N[C@@H](CCCN=C(N)N)C(=O)N2CCC[C@H]2C(=O)N[C@@H](CCCN=C(N)N)C(=O)N[C@@H](Cc2ccc(O)cc2)C(N)=O)cc1. The molecule has 1 saturated heterocycles. The van der Waals surface area contributed by atoms with E-state index in [1.807, 2.05) is 0 Å². The molecule has 0 radical (unpaired) electrons. The smallest absolute Gasteiger partial charge is 0.245 e. The highest BCUT2D eigenvalue weighted by Gasteiger charge is 2.41. The first-order chi connectivity index (χ1) is 43.9. The lowest BCUT2D eigenvalue weighted by atomic mass is 10.0. The molecule has 11 amide bonds. The van der Waals surface area contributed by atoms with E-state index in [0.717, 1.165) is 0 Å². The Hall–Kier alpha value is -10.8. The predicted molar refractivity (Wildman–Crippen MR) is 338 cm³/mol. The number of hydrogen-bond donors (Lipinski definition) is 15. The molecule has 0 aromatic heterocycles. The third-order valence-corrected chi connectivity index (χ3v) is 14.7. The van der Waals surface area contributed by atoms with Crippen LogP contribution in [0.3, 0.4) is 0 Å². The predicted octanol–water partition coefficient (Wildman–Crippen LogP) is -3.21. The van der Waals surface area contributed by atoms with E-state index in [1.165, 1.54) is 36.3 Å². The van der Waals surface area contributed by atoms with Crippen molar-refractivity contribution in [3.8, 4) is 11.5 Å². The normalized spacial score (nSPS) is 14.8. The lowest BCUT2D eigenvalue weighted by molar-refractivity contribution is -0.143. The zero-order valence-electron chi connectivity index (χ0n) is 51.1. The quantitative estimate of drug-likeness (QED) is 0.0120. The summed E-state index contributed by atoms with van der Waals surface area (Å²) in [6, 6.07) is 18.4. The lowest BCUT2D eigenvalue weighted by Crippen LogP contribution is -2.61. The van der Waals surface area contributed by atoms with Crippen LogP contribution in [0.15, 0.2) is 119 Å². The summed E-state index contributed by atoms with van der Waals surface area (Å²) in [7, 11) is 1.49. The fourth-order valence-electron chi connectivity index (χ4n) is 10.0. The van der Waals surface area contributed by atoms with Crippen molar-refractivity contribution in [2.75, 3.05) is 26.7 Å². The highest BCUT2D eigenvalue weighted by atomic mass is 16.5.